The van der Waals surface area contributed by atoms with Crippen LogP contribution < -0.4 is 0 Å². The van der Waals surface area contributed by atoms with Crippen LogP contribution in [-0.4, -0.2) is 35.0 Å². The molecule has 1 fully saturated rings. The third-order valence-electron chi connectivity index (χ3n) is 2.32. The Kier molecular flexibility index (Phi) is 2.68. The summed E-state index contributed by atoms with van der Waals surface area (Å²) < 4.78 is 0. The van der Waals surface area contributed by atoms with E-state index in [1.54, 1.807) is 11.9 Å². The van der Waals surface area contributed by atoms with Crippen molar-refractivity contribution in [3.05, 3.63) is 0 Å². The Morgan fingerprint density at radius 1 is 1.75 bits per heavy atom. The summed E-state index contributed by atoms with van der Waals surface area (Å²) in [4.78, 5) is 22.9. The van der Waals surface area contributed by atoms with E-state index in [4.69, 9.17) is 5.11 Å². The highest BCUT2D eigenvalue weighted by molar-refractivity contribution is 5.78. The Hall–Kier alpha value is -1.06. The van der Waals surface area contributed by atoms with Crippen LogP contribution in [0.4, 0.5) is 0 Å². The van der Waals surface area contributed by atoms with Crippen LogP contribution in [0.1, 0.15) is 25.7 Å². The van der Waals surface area contributed by atoms with E-state index in [1.807, 2.05) is 0 Å². The molecule has 0 aliphatic carbocycles. The number of rotatable bonds is 3. The summed E-state index contributed by atoms with van der Waals surface area (Å²) in [5, 5.41) is 8.42. The lowest BCUT2D eigenvalue weighted by Crippen LogP contribution is -2.28. The van der Waals surface area contributed by atoms with Crippen molar-refractivity contribution in [2.75, 3.05) is 7.05 Å². The second kappa shape index (κ2) is 3.56. The number of hydrogen-bond donors (Lipinski definition) is 1. The van der Waals surface area contributed by atoms with E-state index >= 15 is 0 Å². The number of aliphatic carboxylic acids is 1. The van der Waals surface area contributed by atoms with Crippen LogP contribution >= 0.6 is 0 Å². The number of carbonyl (C=O) groups is 2. The first-order valence-electron chi connectivity index (χ1n) is 4.08. The van der Waals surface area contributed by atoms with E-state index in [1.165, 1.54) is 0 Å². The molecule has 0 aromatic heterocycles. The molecule has 0 unspecified atom stereocenters. The third-order valence-corrected chi connectivity index (χ3v) is 2.32. The van der Waals surface area contributed by atoms with E-state index < -0.39 is 5.97 Å². The number of carboxylic acids is 1. The van der Waals surface area contributed by atoms with Gasteiger partial charge in [-0.2, -0.15) is 0 Å². The van der Waals surface area contributed by atoms with E-state index in [0.29, 0.717) is 12.8 Å². The summed E-state index contributed by atoms with van der Waals surface area (Å²) in [5.41, 5.74) is 0. The van der Waals surface area contributed by atoms with Gasteiger partial charge in [-0.1, -0.05) is 0 Å². The molecule has 12 heavy (non-hydrogen) atoms. The van der Waals surface area contributed by atoms with Gasteiger partial charge >= 0.3 is 5.97 Å². The standard InChI is InChI=1S/C8H13NO3/c1-9-6(2-4-7(9)10)3-5-8(11)12/h6H,2-5H2,1H3,(H,11,12)/t6-/m1/s1. The highest BCUT2D eigenvalue weighted by atomic mass is 16.4. The Bertz CT molecular complexity index is 202. The van der Waals surface area contributed by atoms with Crippen molar-refractivity contribution in [2.24, 2.45) is 0 Å². The Balaban J connectivity index is 2.34. The lowest BCUT2D eigenvalue weighted by molar-refractivity contribution is -0.138. The first-order chi connectivity index (χ1) is 5.61. The molecule has 1 aliphatic rings. The van der Waals surface area contributed by atoms with Gasteiger partial charge in [0.15, 0.2) is 0 Å². The Morgan fingerprint density at radius 3 is 2.83 bits per heavy atom. The van der Waals surface area contributed by atoms with E-state index in [0.717, 1.165) is 6.42 Å². The first kappa shape index (κ1) is 9.03. The fraction of sp³-hybridized carbons (Fsp3) is 0.750. The SMILES string of the molecule is CN1C(=O)CC[C@@H]1CCC(=O)O. The van der Waals surface area contributed by atoms with Crippen molar-refractivity contribution in [1.82, 2.24) is 4.90 Å². The highest BCUT2D eigenvalue weighted by Crippen LogP contribution is 2.20. The quantitative estimate of drug-likeness (QED) is 0.671. The minimum Gasteiger partial charge on any atom is -0.481 e. The maximum atomic E-state index is 11.0. The molecule has 0 bridgehead atoms. The van der Waals surface area contributed by atoms with Gasteiger partial charge in [0.2, 0.25) is 5.91 Å². The maximum absolute atomic E-state index is 11.0. The molecule has 1 N–H and O–H groups in total. The molecule has 1 aliphatic heterocycles. The number of nitrogens with zero attached hydrogens (tertiary/aromatic N) is 1. The van der Waals surface area contributed by atoms with Gasteiger partial charge in [-0.25, -0.2) is 0 Å². The Morgan fingerprint density at radius 2 is 2.42 bits per heavy atom. The predicted molar refractivity (Wildman–Crippen MR) is 42.7 cm³/mol. The molecule has 0 spiro atoms. The second-order valence-electron chi connectivity index (χ2n) is 3.13. The third kappa shape index (κ3) is 1.96. The van der Waals surface area contributed by atoms with E-state index in [9.17, 15) is 9.59 Å². The summed E-state index contributed by atoms with van der Waals surface area (Å²) in [5.74, 6) is -0.659. The summed E-state index contributed by atoms with van der Waals surface area (Å²) in [6, 6.07) is 0.147. The number of hydrogen-bond acceptors (Lipinski definition) is 2. The molecule has 1 rings (SSSR count). The maximum Gasteiger partial charge on any atom is 0.303 e. The highest BCUT2D eigenvalue weighted by Gasteiger charge is 2.27. The van der Waals surface area contributed by atoms with Crippen molar-refractivity contribution in [2.45, 2.75) is 31.7 Å². The van der Waals surface area contributed by atoms with Crippen LogP contribution in [0.15, 0.2) is 0 Å². The molecular weight excluding hydrogens is 158 g/mol. The van der Waals surface area contributed by atoms with Crippen LogP contribution in [0.3, 0.4) is 0 Å². The summed E-state index contributed by atoms with van der Waals surface area (Å²) in [6.07, 6.45) is 2.11. The van der Waals surface area contributed by atoms with Crippen molar-refractivity contribution in [3.63, 3.8) is 0 Å². The van der Waals surface area contributed by atoms with Crippen LogP contribution in [0, 0.1) is 0 Å². The van der Waals surface area contributed by atoms with Gasteiger partial charge in [0, 0.05) is 25.9 Å². The van der Waals surface area contributed by atoms with Crippen LogP contribution in [0.5, 0.6) is 0 Å². The van der Waals surface area contributed by atoms with Crippen molar-refractivity contribution < 1.29 is 14.7 Å². The average Bonchev–Trinajstić information content (AvgIpc) is 2.30. The Labute approximate surface area is 71.2 Å². The molecule has 4 heteroatoms. The van der Waals surface area contributed by atoms with Gasteiger partial charge in [0.1, 0.15) is 0 Å². The molecule has 68 valence electrons. The van der Waals surface area contributed by atoms with Crippen molar-refractivity contribution in [1.29, 1.82) is 0 Å². The molecule has 1 saturated heterocycles. The van der Waals surface area contributed by atoms with Crippen molar-refractivity contribution in [3.8, 4) is 0 Å². The molecule has 4 nitrogen and oxygen atoms in total. The average molecular weight is 171 g/mol. The lowest BCUT2D eigenvalue weighted by atomic mass is 10.1. The molecule has 1 amide bonds. The van der Waals surface area contributed by atoms with Crippen LogP contribution in [-0.2, 0) is 9.59 Å². The van der Waals surface area contributed by atoms with Gasteiger partial charge in [-0.15, -0.1) is 0 Å². The molecule has 1 heterocycles. The fourth-order valence-corrected chi connectivity index (χ4v) is 1.49. The van der Waals surface area contributed by atoms with Crippen LogP contribution in [0.2, 0.25) is 0 Å². The fourth-order valence-electron chi connectivity index (χ4n) is 1.49. The monoisotopic (exact) mass is 171 g/mol. The lowest BCUT2D eigenvalue weighted by Gasteiger charge is -2.18. The molecule has 1 atom stereocenters. The minimum atomic E-state index is -0.789. The summed E-state index contributed by atoms with van der Waals surface area (Å²) >= 11 is 0. The number of likely N-dealkylation sites (tertiary alicyclic amines) is 1. The predicted octanol–water partition coefficient (Wildman–Crippen LogP) is 0.472. The minimum absolute atomic E-state index is 0.130. The van der Waals surface area contributed by atoms with E-state index in [2.05, 4.69) is 0 Å². The normalized spacial score (nSPS) is 23.2. The first-order valence-corrected chi connectivity index (χ1v) is 4.08. The van der Waals surface area contributed by atoms with Gasteiger partial charge < -0.3 is 10.0 Å². The molecule has 0 radical (unpaired) electrons. The summed E-state index contributed by atoms with van der Waals surface area (Å²) in [6.45, 7) is 0. The van der Waals surface area contributed by atoms with Gasteiger partial charge in [-0.3, -0.25) is 9.59 Å². The van der Waals surface area contributed by atoms with Gasteiger partial charge in [0.05, 0.1) is 0 Å². The summed E-state index contributed by atoms with van der Waals surface area (Å²) in [7, 11) is 1.74. The van der Waals surface area contributed by atoms with E-state index in [-0.39, 0.29) is 18.4 Å². The number of carboxylic acid groups (broad SMARTS) is 1. The van der Waals surface area contributed by atoms with Crippen LogP contribution in [0.25, 0.3) is 0 Å². The number of amides is 1. The molecule has 0 saturated carbocycles. The topological polar surface area (TPSA) is 57.6 Å². The molecular formula is C8H13NO3. The zero-order chi connectivity index (χ0) is 9.14. The van der Waals surface area contributed by atoms with Crippen molar-refractivity contribution >= 4 is 11.9 Å². The zero-order valence-electron chi connectivity index (χ0n) is 7.12. The second-order valence-corrected chi connectivity index (χ2v) is 3.13. The molecule has 0 aromatic carbocycles. The number of carbonyl (C=O) groups excluding carboxylic acids is 1. The van der Waals surface area contributed by atoms with Gasteiger partial charge in [-0.05, 0) is 12.8 Å². The van der Waals surface area contributed by atoms with Gasteiger partial charge in [0.25, 0.3) is 0 Å². The largest absolute Gasteiger partial charge is 0.481 e. The zero-order valence-corrected chi connectivity index (χ0v) is 7.12. The molecule has 0 aromatic rings. The smallest absolute Gasteiger partial charge is 0.303 e.